The van der Waals surface area contributed by atoms with Gasteiger partial charge in [-0.3, -0.25) is 14.5 Å². The quantitative estimate of drug-likeness (QED) is 0.867. The zero-order valence-electron chi connectivity index (χ0n) is 12.3. The average Bonchev–Trinajstić information content (AvgIpc) is 2.59. The van der Waals surface area contributed by atoms with Gasteiger partial charge in [0, 0.05) is 32.1 Å². The van der Waals surface area contributed by atoms with Crippen molar-refractivity contribution in [1.29, 1.82) is 0 Å². The standard InChI is InChI=1S/C16H21N3O2/c1-12-9-18(10-13-5-3-2-4-6-13)11-14-7-15(20)17-8-16(21)19(12)14/h2-6,12,14H,7-11H2,1H3,(H,17,20)/t12-,14?/m1/s1. The van der Waals surface area contributed by atoms with Gasteiger partial charge in [-0.05, 0) is 12.5 Å². The van der Waals surface area contributed by atoms with Crippen molar-refractivity contribution in [3.8, 4) is 0 Å². The molecule has 2 atom stereocenters. The highest BCUT2D eigenvalue weighted by molar-refractivity contribution is 5.88. The summed E-state index contributed by atoms with van der Waals surface area (Å²) >= 11 is 0. The van der Waals surface area contributed by atoms with Crippen LogP contribution in [0.4, 0.5) is 0 Å². The third-order valence-electron chi connectivity index (χ3n) is 4.25. The number of rotatable bonds is 2. The topological polar surface area (TPSA) is 52.7 Å². The number of piperazine rings is 1. The number of nitrogens with zero attached hydrogens (tertiary/aromatic N) is 2. The first-order chi connectivity index (χ1) is 10.1. The van der Waals surface area contributed by atoms with Gasteiger partial charge in [-0.2, -0.15) is 0 Å². The molecule has 1 aromatic carbocycles. The Morgan fingerprint density at radius 2 is 1.95 bits per heavy atom. The van der Waals surface area contributed by atoms with Gasteiger partial charge in [0.05, 0.1) is 12.6 Å². The first-order valence-electron chi connectivity index (χ1n) is 7.47. The maximum absolute atomic E-state index is 12.2. The normalized spacial score (nSPS) is 27.0. The number of carbonyl (C=O) groups is 2. The van der Waals surface area contributed by atoms with Crippen molar-refractivity contribution >= 4 is 11.8 Å². The molecule has 0 bridgehead atoms. The molecule has 2 aliphatic rings. The second-order valence-electron chi connectivity index (χ2n) is 5.96. The molecule has 5 nitrogen and oxygen atoms in total. The molecule has 0 spiro atoms. The van der Waals surface area contributed by atoms with E-state index < -0.39 is 0 Å². The predicted octanol–water partition coefficient (Wildman–Crippen LogP) is 0.608. The fourth-order valence-corrected chi connectivity index (χ4v) is 3.42. The smallest absolute Gasteiger partial charge is 0.242 e. The van der Waals surface area contributed by atoms with Crippen LogP contribution in [0.25, 0.3) is 0 Å². The van der Waals surface area contributed by atoms with Crippen molar-refractivity contribution in [3.63, 3.8) is 0 Å². The van der Waals surface area contributed by atoms with E-state index in [2.05, 4.69) is 29.3 Å². The number of benzene rings is 1. The molecule has 112 valence electrons. The second kappa shape index (κ2) is 5.85. The van der Waals surface area contributed by atoms with Crippen molar-refractivity contribution < 1.29 is 9.59 Å². The molecule has 2 fully saturated rings. The fraction of sp³-hybridized carbons (Fsp3) is 0.500. The third-order valence-corrected chi connectivity index (χ3v) is 4.25. The van der Waals surface area contributed by atoms with Crippen LogP contribution in [0, 0.1) is 0 Å². The summed E-state index contributed by atoms with van der Waals surface area (Å²) in [6, 6.07) is 10.5. The molecule has 2 heterocycles. The van der Waals surface area contributed by atoms with Crippen LogP contribution in [0.5, 0.6) is 0 Å². The number of carbonyl (C=O) groups excluding carboxylic acids is 2. The second-order valence-corrected chi connectivity index (χ2v) is 5.96. The molecule has 1 N–H and O–H groups in total. The van der Waals surface area contributed by atoms with Crippen LogP contribution in [0.3, 0.4) is 0 Å². The fourth-order valence-electron chi connectivity index (χ4n) is 3.42. The summed E-state index contributed by atoms with van der Waals surface area (Å²) in [6.07, 6.45) is 0.404. The van der Waals surface area contributed by atoms with E-state index in [0.717, 1.165) is 19.6 Å². The lowest BCUT2D eigenvalue weighted by molar-refractivity contribution is -0.137. The van der Waals surface area contributed by atoms with E-state index in [-0.39, 0.29) is 30.4 Å². The Morgan fingerprint density at radius 1 is 1.19 bits per heavy atom. The minimum absolute atomic E-state index is 0.00698. The van der Waals surface area contributed by atoms with Crippen LogP contribution in [-0.2, 0) is 16.1 Å². The van der Waals surface area contributed by atoms with Gasteiger partial charge in [0.1, 0.15) is 0 Å². The molecule has 0 aliphatic carbocycles. The molecule has 1 unspecified atom stereocenters. The average molecular weight is 287 g/mol. The highest BCUT2D eigenvalue weighted by Gasteiger charge is 2.38. The summed E-state index contributed by atoms with van der Waals surface area (Å²) in [6.45, 7) is 4.69. The summed E-state index contributed by atoms with van der Waals surface area (Å²) in [4.78, 5) is 28.2. The Balaban J connectivity index is 1.73. The van der Waals surface area contributed by atoms with Crippen LogP contribution in [0.2, 0.25) is 0 Å². The summed E-state index contributed by atoms with van der Waals surface area (Å²) in [5.41, 5.74) is 1.27. The van der Waals surface area contributed by atoms with Gasteiger partial charge in [-0.25, -0.2) is 0 Å². The maximum Gasteiger partial charge on any atom is 0.242 e. The Bertz CT molecular complexity index is 532. The Hall–Kier alpha value is -1.88. The Labute approximate surface area is 124 Å². The monoisotopic (exact) mass is 287 g/mol. The molecule has 0 aromatic heterocycles. The zero-order chi connectivity index (χ0) is 14.8. The van der Waals surface area contributed by atoms with E-state index >= 15 is 0 Å². The minimum atomic E-state index is -0.0235. The van der Waals surface area contributed by atoms with Gasteiger partial charge >= 0.3 is 0 Å². The van der Waals surface area contributed by atoms with Gasteiger partial charge in [0.15, 0.2) is 0 Å². The first-order valence-corrected chi connectivity index (χ1v) is 7.47. The summed E-state index contributed by atoms with van der Waals surface area (Å²) < 4.78 is 0. The van der Waals surface area contributed by atoms with Crippen molar-refractivity contribution in [2.45, 2.75) is 32.0 Å². The van der Waals surface area contributed by atoms with Crippen LogP contribution in [-0.4, -0.2) is 53.3 Å². The van der Waals surface area contributed by atoms with Crippen molar-refractivity contribution in [2.75, 3.05) is 19.6 Å². The predicted molar refractivity (Wildman–Crippen MR) is 79.4 cm³/mol. The lowest BCUT2D eigenvalue weighted by Crippen LogP contribution is -2.59. The van der Waals surface area contributed by atoms with Crippen molar-refractivity contribution in [2.24, 2.45) is 0 Å². The molecule has 2 saturated heterocycles. The SMILES string of the molecule is C[C@@H]1CN(Cc2ccccc2)CC2CC(=O)NCC(=O)N21. The zero-order valence-corrected chi connectivity index (χ0v) is 12.3. The molecule has 3 rings (SSSR count). The Morgan fingerprint density at radius 3 is 2.71 bits per heavy atom. The van der Waals surface area contributed by atoms with E-state index in [9.17, 15) is 9.59 Å². The lowest BCUT2D eigenvalue weighted by Gasteiger charge is -2.44. The summed E-state index contributed by atoms with van der Waals surface area (Å²) in [7, 11) is 0. The minimum Gasteiger partial charge on any atom is -0.347 e. The van der Waals surface area contributed by atoms with E-state index in [1.165, 1.54) is 5.56 Å². The number of hydrogen-bond acceptors (Lipinski definition) is 3. The van der Waals surface area contributed by atoms with Gasteiger partial charge in [0.2, 0.25) is 11.8 Å². The molecule has 21 heavy (non-hydrogen) atoms. The van der Waals surface area contributed by atoms with Crippen LogP contribution >= 0.6 is 0 Å². The van der Waals surface area contributed by atoms with Gasteiger partial charge in [-0.15, -0.1) is 0 Å². The largest absolute Gasteiger partial charge is 0.347 e. The molecular formula is C16H21N3O2. The first kappa shape index (κ1) is 14.1. The van der Waals surface area contributed by atoms with Crippen LogP contribution < -0.4 is 5.32 Å². The summed E-state index contributed by atoms with van der Waals surface area (Å²) in [5.74, 6) is 0.0160. The lowest BCUT2D eigenvalue weighted by atomic mass is 10.0. The van der Waals surface area contributed by atoms with Crippen molar-refractivity contribution in [1.82, 2.24) is 15.1 Å². The molecular weight excluding hydrogens is 266 g/mol. The summed E-state index contributed by atoms with van der Waals surface area (Å²) in [5, 5.41) is 2.69. The Kier molecular flexibility index (Phi) is 3.92. The van der Waals surface area contributed by atoms with E-state index in [1.807, 2.05) is 23.1 Å². The van der Waals surface area contributed by atoms with Crippen molar-refractivity contribution in [3.05, 3.63) is 35.9 Å². The van der Waals surface area contributed by atoms with Crippen LogP contribution in [0.1, 0.15) is 18.9 Å². The van der Waals surface area contributed by atoms with E-state index in [4.69, 9.17) is 0 Å². The maximum atomic E-state index is 12.2. The number of nitrogens with one attached hydrogen (secondary N) is 1. The van der Waals surface area contributed by atoms with Gasteiger partial charge < -0.3 is 10.2 Å². The number of fused-ring (bicyclic) bond motifs is 1. The van der Waals surface area contributed by atoms with Gasteiger partial charge in [-0.1, -0.05) is 30.3 Å². The third kappa shape index (κ3) is 3.08. The van der Waals surface area contributed by atoms with Crippen LogP contribution in [0.15, 0.2) is 30.3 Å². The van der Waals surface area contributed by atoms with E-state index in [0.29, 0.717) is 6.42 Å². The number of amides is 2. The molecule has 2 aliphatic heterocycles. The highest BCUT2D eigenvalue weighted by atomic mass is 16.2. The molecule has 1 aromatic rings. The molecule has 5 heteroatoms. The molecule has 0 saturated carbocycles. The van der Waals surface area contributed by atoms with Gasteiger partial charge in [0.25, 0.3) is 0 Å². The number of hydrogen-bond donors (Lipinski definition) is 1. The molecule has 2 amide bonds. The highest BCUT2D eigenvalue weighted by Crippen LogP contribution is 2.21. The van der Waals surface area contributed by atoms with E-state index in [1.54, 1.807) is 0 Å². The molecule has 0 radical (unpaired) electrons.